The van der Waals surface area contributed by atoms with E-state index < -0.39 is 17.4 Å². The molecule has 0 aliphatic carbocycles. The van der Waals surface area contributed by atoms with E-state index in [4.69, 9.17) is 21.8 Å². The highest BCUT2D eigenvalue weighted by molar-refractivity contribution is 6.35. The van der Waals surface area contributed by atoms with Crippen LogP contribution in [0.2, 0.25) is 5.02 Å². The highest BCUT2D eigenvalue weighted by atomic mass is 35.5. The first kappa shape index (κ1) is 22.5. The average Bonchev–Trinajstić information content (AvgIpc) is 3.44. The lowest BCUT2D eigenvalue weighted by atomic mass is 10.1. The van der Waals surface area contributed by atoms with Crippen molar-refractivity contribution in [2.75, 3.05) is 11.1 Å². The van der Waals surface area contributed by atoms with Crippen LogP contribution in [0.15, 0.2) is 39.8 Å². The summed E-state index contributed by atoms with van der Waals surface area (Å²) < 4.78 is 21.7. The number of aryl methyl sites for hydroxylation is 2. The number of fused-ring (bicyclic) bond motifs is 1. The number of nitrogens with two attached hydrogens (primary N) is 1. The molecule has 0 radical (unpaired) electrons. The Hall–Kier alpha value is -4.32. The van der Waals surface area contributed by atoms with E-state index in [-0.39, 0.29) is 33.3 Å². The number of benzene rings is 1. The molecule has 0 fully saturated rings. The van der Waals surface area contributed by atoms with E-state index in [0.29, 0.717) is 23.0 Å². The number of nitrogens with zero attached hydrogens (tertiary/aromatic N) is 6. The summed E-state index contributed by atoms with van der Waals surface area (Å²) >= 11 is 6.29. The number of H-pyrrole nitrogens is 1. The van der Waals surface area contributed by atoms with Crippen LogP contribution in [0.4, 0.5) is 16.0 Å². The highest BCUT2D eigenvalue weighted by Gasteiger charge is 2.24. The van der Waals surface area contributed by atoms with Crippen molar-refractivity contribution < 1.29 is 8.81 Å². The number of pyridine rings is 1. The zero-order chi connectivity index (χ0) is 24.9. The van der Waals surface area contributed by atoms with Gasteiger partial charge in [0.1, 0.15) is 29.3 Å². The topological polar surface area (TPSA) is 153 Å². The number of aromatic amines is 1. The molecule has 0 unspecified atom stereocenters. The van der Waals surface area contributed by atoms with Crippen molar-refractivity contribution in [3.63, 3.8) is 0 Å². The summed E-state index contributed by atoms with van der Waals surface area (Å²) in [5.41, 5.74) is 7.01. The molecule has 4 N–H and O–H groups in total. The minimum absolute atomic E-state index is 0.0524. The van der Waals surface area contributed by atoms with Gasteiger partial charge in [-0.1, -0.05) is 11.6 Å². The number of anilines is 2. The van der Waals surface area contributed by atoms with Crippen molar-refractivity contribution in [2.45, 2.75) is 26.8 Å². The minimum Gasteiger partial charge on any atom is -0.421 e. The summed E-state index contributed by atoms with van der Waals surface area (Å²) in [7, 11) is 0. The Morgan fingerprint density at radius 3 is 2.71 bits per heavy atom. The zero-order valence-corrected chi connectivity index (χ0v) is 19.6. The van der Waals surface area contributed by atoms with Crippen molar-refractivity contribution >= 4 is 34.0 Å². The largest absolute Gasteiger partial charge is 0.421 e. The molecule has 5 rings (SSSR count). The van der Waals surface area contributed by atoms with Crippen molar-refractivity contribution in [1.82, 2.24) is 34.9 Å². The van der Waals surface area contributed by atoms with E-state index in [2.05, 4.69) is 35.7 Å². The van der Waals surface area contributed by atoms with Gasteiger partial charge in [0.2, 0.25) is 5.89 Å². The summed E-state index contributed by atoms with van der Waals surface area (Å²) in [5, 5.41) is 18.4. The van der Waals surface area contributed by atoms with Gasteiger partial charge in [0.15, 0.2) is 5.82 Å². The highest BCUT2D eigenvalue weighted by Crippen LogP contribution is 2.33. The lowest BCUT2D eigenvalue weighted by Gasteiger charge is -2.21. The molecule has 0 bridgehead atoms. The summed E-state index contributed by atoms with van der Waals surface area (Å²) in [6.07, 6.45) is 1.28. The molecule has 1 aromatic carbocycles. The van der Waals surface area contributed by atoms with Crippen LogP contribution in [0, 0.1) is 19.7 Å². The number of hydrogen-bond donors (Lipinski definition) is 3. The molecule has 11 nitrogen and oxygen atoms in total. The summed E-state index contributed by atoms with van der Waals surface area (Å²) in [6, 6.07) is 5.23. The van der Waals surface area contributed by atoms with Gasteiger partial charge >= 0.3 is 0 Å². The van der Waals surface area contributed by atoms with Crippen LogP contribution in [0.3, 0.4) is 0 Å². The van der Waals surface area contributed by atoms with Crippen molar-refractivity contribution in [2.24, 2.45) is 0 Å². The lowest BCUT2D eigenvalue weighted by Crippen LogP contribution is -2.26. The molecule has 178 valence electrons. The maximum atomic E-state index is 14.8. The molecule has 0 aliphatic rings. The van der Waals surface area contributed by atoms with Crippen LogP contribution in [0.25, 0.3) is 28.0 Å². The van der Waals surface area contributed by atoms with Crippen molar-refractivity contribution in [1.29, 1.82) is 0 Å². The normalized spacial score (nSPS) is 12.3. The lowest BCUT2D eigenvalue weighted by molar-refractivity contribution is 0.532. The van der Waals surface area contributed by atoms with Crippen LogP contribution in [0.5, 0.6) is 0 Å². The van der Waals surface area contributed by atoms with E-state index >= 15 is 0 Å². The second-order valence-corrected chi connectivity index (χ2v) is 8.32. The molecule has 1 atom stereocenters. The van der Waals surface area contributed by atoms with E-state index in [1.54, 1.807) is 32.9 Å². The summed E-state index contributed by atoms with van der Waals surface area (Å²) in [4.78, 5) is 21.9. The predicted molar refractivity (Wildman–Crippen MR) is 128 cm³/mol. The fraction of sp³-hybridized carbons (Fsp3) is 0.182. The number of nitrogens with one attached hydrogen (secondary N) is 2. The Labute approximate surface area is 202 Å². The summed E-state index contributed by atoms with van der Waals surface area (Å²) in [5.74, 6) is 0.633. The first-order chi connectivity index (χ1) is 16.7. The molecule has 4 aromatic heterocycles. The van der Waals surface area contributed by atoms with Gasteiger partial charge in [-0.05, 0) is 32.0 Å². The second-order valence-electron chi connectivity index (χ2n) is 7.91. The van der Waals surface area contributed by atoms with Crippen LogP contribution >= 0.6 is 11.6 Å². The molecular formula is C22H19ClFN9O2. The summed E-state index contributed by atoms with van der Waals surface area (Å²) in [6.45, 7) is 5.23. The monoisotopic (exact) mass is 495 g/mol. The molecule has 5 aromatic rings. The van der Waals surface area contributed by atoms with Crippen LogP contribution < -0.4 is 16.6 Å². The fourth-order valence-electron chi connectivity index (χ4n) is 3.84. The van der Waals surface area contributed by atoms with Crippen LogP contribution in [-0.4, -0.2) is 34.9 Å². The molecule has 0 spiro atoms. The molecule has 13 heteroatoms. The van der Waals surface area contributed by atoms with E-state index in [0.717, 1.165) is 5.69 Å². The van der Waals surface area contributed by atoms with Gasteiger partial charge in [0.05, 0.1) is 22.1 Å². The van der Waals surface area contributed by atoms with Gasteiger partial charge < -0.3 is 15.5 Å². The Morgan fingerprint density at radius 2 is 2.03 bits per heavy atom. The number of hydrogen-bond acceptors (Lipinski definition) is 9. The second kappa shape index (κ2) is 8.47. The van der Waals surface area contributed by atoms with Gasteiger partial charge in [0, 0.05) is 24.1 Å². The smallest absolute Gasteiger partial charge is 0.266 e. The van der Waals surface area contributed by atoms with Gasteiger partial charge in [-0.15, -0.1) is 10.2 Å². The van der Waals surface area contributed by atoms with Crippen molar-refractivity contribution in [3.8, 4) is 17.3 Å². The van der Waals surface area contributed by atoms with Crippen molar-refractivity contribution in [3.05, 3.63) is 69.1 Å². The van der Waals surface area contributed by atoms with Gasteiger partial charge in [-0.3, -0.25) is 14.5 Å². The Bertz CT molecular complexity index is 1640. The molecule has 35 heavy (non-hydrogen) atoms. The third-order valence-corrected chi connectivity index (χ3v) is 5.76. The number of rotatable bonds is 5. The molecule has 4 heterocycles. The molecular weight excluding hydrogens is 477 g/mol. The molecule has 0 saturated heterocycles. The van der Waals surface area contributed by atoms with E-state index in [1.807, 2.05) is 0 Å². The molecule has 0 saturated carbocycles. The van der Waals surface area contributed by atoms with Gasteiger partial charge in [-0.2, -0.15) is 5.10 Å². The Balaban J connectivity index is 1.70. The third-order valence-electron chi connectivity index (χ3n) is 5.44. The van der Waals surface area contributed by atoms with Crippen LogP contribution in [-0.2, 0) is 0 Å². The molecule has 0 amide bonds. The number of nitrogen functional groups attached to an aromatic ring is 1. The standard InChI is InChI=1S/C22H19ClFN9O2/c1-9-6-16(31-29-9)33-15(7-12-14(24)5-4-13(23)17(12)22(33)34)10(2)28-20-18(19(25)26-8-27-20)21-32-30-11(3)35-21/h4-8,10H,1-3H3,(H,29,31)(H3,25,26,27,28)/t10-/m0/s1. The van der Waals surface area contributed by atoms with E-state index in [9.17, 15) is 9.18 Å². The van der Waals surface area contributed by atoms with Gasteiger partial charge in [0.25, 0.3) is 11.4 Å². The SMILES string of the molecule is Cc1cc(-n2c([C@H](C)Nc3ncnc(N)c3-c3nnc(C)o3)cc3c(F)ccc(Cl)c3c2=O)n[nH]1. The first-order valence-electron chi connectivity index (χ1n) is 10.5. The zero-order valence-electron chi connectivity index (χ0n) is 18.8. The molecule has 0 aliphatic heterocycles. The third kappa shape index (κ3) is 3.87. The minimum atomic E-state index is -0.598. The van der Waals surface area contributed by atoms with E-state index in [1.165, 1.54) is 23.0 Å². The predicted octanol–water partition coefficient (Wildman–Crippen LogP) is 3.72. The van der Waals surface area contributed by atoms with Gasteiger partial charge in [-0.25, -0.2) is 14.4 Å². The first-order valence-corrected chi connectivity index (χ1v) is 10.9. The maximum absolute atomic E-state index is 14.8. The fourth-order valence-corrected chi connectivity index (χ4v) is 4.08. The number of halogens is 2. The quantitative estimate of drug-likeness (QED) is 0.331. The Morgan fingerprint density at radius 1 is 1.23 bits per heavy atom. The average molecular weight is 496 g/mol. The Kier molecular flexibility index (Phi) is 5.44. The maximum Gasteiger partial charge on any atom is 0.266 e. The number of aromatic nitrogens is 7. The van der Waals surface area contributed by atoms with Crippen LogP contribution in [0.1, 0.15) is 30.2 Å².